The highest BCUT2D eigenvalue weighted by atomic mass is 79.9. The first-order valence-electron chi connectivity index (χ1n) is 5.91. The number of Topliss-reactive ketones (excluding diaryl/α,β-unsaturated/α-hetero) is 1. The topological polar surface area (TPSA) is 30.0 Å². The van der Waals surface area contributed by atoms with E-state index in [1.54, 1.807) is 6.20 Å². The van der Waals surface area contributed by atoms with E-state index in [0.717, 1.165) is 20.6 Å². The third kappa shape index (κ3) is 3.67. The summed E-state index contributed by atoms with van der Waals surface area (Å²) in [5.41, 5.74) is 3.12. The van der Waals surface area contributed by atoms with Crippen molar-refractivity contribution in [3.8, 4) is 0 Å². The number of benzene rings is 1. The van der Waals surface area contributed by atoms with Gasteiger partial charge in [0.05, 0.1) is 5.75 Å². The Morgan fingerprint density at radius 2 is 2.05 bits per heavy atom. The number of aromatic nitrogens is 1. The van der Waals surface area contributed by atoms with Crippen molar-refractivity contribution < 1.29 is 4.79 Å². The van der Waals surface area contributed by atoms with Gasteiger partial charge >= 0.3 is 0 Å². The minimum Gasteiger partial charge on any atom is -0.293 e. The second-order valence-electron chi connectivity index (χ2n) is 4.30. The number of halogens is 1. The van der Waals surface area contributed by atoms with E-state index in [4.69, 9.17) is 0 Å². The van der Waals surface area contributed by atoms with Crippen LogP contribution in [0.4, 0.5) is 0 Å². The molecule has 1 aromatic carbocycles. The average molecular weight is 336 g/mol. The highest BCUT2D eigenvalue weighted by Gasteiger charge is 2.09. The Labute approximate surface area is 125 Å². The van der Waals surface area contributed by atoms with Gasteiger partial charge in [-0.15, -0.1) is 0 Å². The van der Waals surface area contributed by atoms with Crippen molar-refractivity contribution in [3.05, 3.63) is 57.7 Å². The molecule has 2 nitrogen and oxygen atoms in total. The summed E-state index contributed by atoms with van der Waals surface area (Å²) in [7, 11) is 0. The molecule has 2 aromatic rings. The van der Waals surface area contributed by atoms with E-state index in [1.165, 1.54) is 17.3 Å². The first-order chi connectivity index (χ1) is 9.08. The van der Waals surface area contributed by atoms with Crippen LogP contribution in [0, 0.1) is 13.8 Å². The van der Waals surface area contributed by atoms with Crippen molar-refractivity contribution in [2.45, 2.75) is 18.9 Å². The molecule has 0 aliphatic carbocycles. The molecule has 1 aromatic heterocycles. The molecule has 0 fully saturated rings. The Morgan fingerprint density at radius 3 is 2.74 bits per heavy atom. The number of carbonyl (C=O) groups excluding carboxylic acids is 1. The molecule has 0 atom stereocenters. The lowest BCUT2D eigenvalue weighted by atomic mass is 10.0. The summed E-state index contributed by atoms with van der Waals surface area (Å²) in [5.74, 6) is 0.531. The summed E-state index contributed by atoms with van der Waals surface area (Å²) in [6, 6.07) is 9.61. The van der Waals surface area contributed by atoms with Gasteiger partial charge in [0.1, 0.15) is 5.03 Å². The molecule has 98 valence electrons. The van der Waals surface area contributed by atoms with Crippen LogP contribution in [0.1, 0.15) is 21.5 Å². The summed E-state index contributed by atoms with van der Waals surface area (Å²) < 4.78 is 0.924. The SMILES string of the molecule is Cc1ccc(C(=O)CSc2ncccc2Br)cc1C. The monoisotopic (exact) mass is 335 g/mol. The van der Waals surface area contributed by atoms with E-state index in [2.05, 4.69) is 20.9 Å². The second kappa shape index (κ2) is 6.35. The lowest BCUT2D eigenvalue weighted by Crippen LogP contribution is -2.03. The number of rotatable bonds is 4. The average Bonchev–Trinajstić information content (AvgIpc) is 2.40. The fourth-order valence-electron chi connectivity index (χ4n) is 1.61. The van der Waals surface area contributed by atoms with Crippen molar-refractivity contribution >= 4 is 33.5 Å². The molecule has 0 spiro atoms. The lowest BCUT2D eigenvalue weighted by Gasteiger charge is -2.05. The van der Waals surface area contributed by atoms with E-state index >= 15 is 0 Å². The molecule has 0 aliphatic heterocycles. The molecule has 0 saturated heterocycles. The first-order valence-corrected chi connectivity index (χ1v) is 7.69. The molecular formula is C15H14BrNOS. The van der Waals surface area contributed by atoms with Crippen LogP contribution >= 0.6 is 27.7 Å². The van der Waals surface area contributed by atoms with Crippen molar-refractivity contribution in [2.24, 2.45) is 0 Å². The van der Waals surface area contributed by atoms with Gasteiger partial charge in [0.15, 0.2) is 5.78 Å². The standard InChI is InChI=1S/C15H14BrNOS/c1-10-5-6-12(8-11(10)2)14(18)9-19-15-13(16)4-3-7-17-15/h3-8H,9H2,1-2H3. The highest BCUT2D eigenvalue weighted by molar-refractivity contribution is 9.10. The normalized spacial score (nSPS) is 10.5. The zero-order chi connectivity index (χ0) is 13.8. The third-order valence-electron chi connectivity index (χ3n) is 2.89. The molecule has 0 radical (unpaired) electrons. The number of nitrogens with zero attached hydrogens (tertiary/aromatic N) is 1. The van der Waals surface area contributed by atoms with Crippen LogP contribution in [-0.4, -0.2) is 16.5 Å². The maximum absolute atomic E-state index is 12.1. The van der Waals surface area contributed by atoms with Gasteiger partial charge < -0.3 is 0 Å². The van der Waals surface area contributed by atoms with E-state index < -0.39 is 0 Å². The fourth-order valence-corrected chi connectivity index (χ4v) is 2.98. The summed E-state index contributed by atoms with van der Waals surface area (Å²) in [6.45, 7) is 4.07. The summed E-state index contributed by atoms with van der Waals surface area (Å²) in [4.78, 5) is 16.4. The predicted molar refractivity (Wildman–Crippen MR) is 82.9 cm³/mol. The van der Waals surface area contributed by atoms with Gasteiger partial charge in [-0.05, 0) is 59.1 Å². The van der Waals surface area contributed by atoms with Gasteiger partial charge in [0.2, 0.25) is 0 Å². The van der Waals surface area contributed by atoms with Crippen LogP contribution in [0.2, 0.25) is 0 Å². The molecule has 0 unspecified atom stereocenters. The van der Waals surface area contributed by atoms with E-state index in [9.17, 15) is 4.79 Å². The smallest absolute Gasteiger partial charge is 0.173 e. The molecule has 0 amide bonds. The lowest BCUT2D eigenvalue weighted by molar-refractivity contribution is 0.102. The van der Waals surface area contributed by atoms with Gasteiger partial charge in [-0.1, -0.05) is 23.9 Å². The Morgan fingerprint density at radius 1 is 1.26 bits per heavy atom. The van der Waals surface area contributed by atoms with Gasteiger partial charge in [-0.25, -0.2) is 4.98 Å². The van der Waals surface area contributed by atoms with E-state index in [1.807, 2.05) is 44.2 Å². The molecule has 0 bridgehead atoms. The van der Waals surface area contributed by atoms with Crippen LogP contribution in [0.15, 0.2) is 46.0 Å². The number of carbonyl (C=O) groups is 1. The second-order valence-corrected chi connectivity index (χ2v) is 6.12. The summed E-state index contributed by atoms with van der Waals surface area (Å²) in [6.07, 6.45) is 1.73. The molecule has 0 saturated carbocycles. The number of hydrogen-bond donors (Lipinski definition) is 0. The number of ketones is 1. The predicted octanol–water partition coefficient (Wildman–Crippen LogP) is 4.44. The van der Waals surface area contributed by atoms with Crippen molar-refractivity contribution in [1.82, 2.24) is 4.98 Å². The van der Waals surface area contributed by atoms with Gasteiger partial charge in [-0.2, -0.15) is 0 Å². The summed E-state index contributed by atoms with van der Waals surface area (Å²) >= 11 is 4.88. The zero-order valence-electron chi connectivity index (χ0n) is 10.8. The zero-order valence-corrected chi connectivity index (χ0v) is 13.2. The van der Waals surface area contributed by atoms with Crippen molar-refractivity contribution in [3.63, 3.8) is 0 Å². The Kier molecular flexibility index (Phi) is 4.77. The summed E-state index contributed by atoms with van der Waals surface area (Å²) in [5, 5.41) is 0.847. The molecule has 1 heterocycles. The Balaban J connectivity index is 2.05. The minimum absolute atomic E-state index is 0.130. The maximum Gasteiger partial charge on any atom is 0.173 e. The Bertz CT molecular complexity index is 613. The van der Waals surface area contributed by atoms with Gasteiger partial charge in [0.25, 0.3) is 0 Å². The van der Waals surface area contributed by atoms with Crippen molar-refractivity contribution in [1.29, 1.82) is 0 Å². The molecular weight excluding hydrogens is 322 g/mol. The first kappa shape index (κ1) is 14.3. The molecule has 2 rings (SSSR count). The molecule has 0 N–H and O–H groups in total. The van der Waals surface area contributed by atoms with Gasteiger partial charge in [-0.3, -0.25) is 4.79 Å². The number of hydrogen-bond acceptors (Lipinski definition) is 3. The number of pyridine rings is 1. The minimum atomic E-state index is 0.130. The van der Waals surface area contributed by atoms with Crippen LogP contribution in [-0.2, 0) is 0 Å². The quantitative estimate of drug-likeness (QED) is 0.611. The van der Waals surface area contributed by atoms with Gasteiger partial charge in [0, 0.05) is 16.2 Å². The van der Waals surface area contributed by atoms with E-state index in [0.29, 0.717) is 5.75 Å². The molecule has 0 aliphatic rings. The van der Waals surface area contributed by atoms with Crippen molar-refractivity contribution in [2.75, 3.05) is 5.75 Å². The van der Waals surface area contributed by atoms with Crippen LogP contribution in [0.25, 0.3) is 0 Å². The van der Waals surface area contributed by atoms with Crippen LogP contribution in [0.5, 0.6) is 0 Å². The molecule has 4 heteroatoms. The maximum atomic E-state index is 12.1. The fraction of sp³-hybridized carbons (Fsp3) is 0.200. The third-order valence-corrected chi connectivity index (χ3v) is 4.80. The van der Waals surface area contributed by atoms with E-state index in [-0.39, 0.29) is 5.78 Å². The Hall–Kier alpha value is -1.13. The number of aryl methyl sites for hydroxylation is 2. The largest absolute Gasteiger partial charge is 0.293 e. The molecule has 19 heavy (non-hydrogen) atoms. The number of thioether (sulfide) groups is 1. The highest BCUT2D eigenvalue weighted by Crippen LogP contribution is 2.25. The van der Waals surface area contributed by atoms with Crippen LogP contribution in [0.3, 0.4) is 0 Å². The van der Waals surface area contributed by atoms with Crippen LogP contribution < -0.4 is 0 Å².